The average molecular weight is 321 g/mol. The van der Waals surface area contributed by atoms with E-state index in [0.717, 1.165) is 0 Å². The minimum atomic E-state index is -1.18. The Hall–Kier alpha value is -2.74. The lowest BCUT2D eigenvalue weighted by Crippen LogP contribution is -2.44. The molecule has 1 atom stereocenters. The Morgan fingerprint density at radius 3 is 2.78 bits per heavy atom. The smallest absolute Gasteiger partial charge is 0.331 e. The van der Waals surface area contributed by atoms with Gasteiger partial charge in [0.25, 0.3) is 5.91 Å². The number of rotatable bonds is 6. The second-order valence-electron chi connectivity index (χ2n) is 4.56. The zero-order valence-corrected chi connectivity index (χ0v) is 12.4. The molecule has 2 rings (SSSR count). The Morgan fingerprint density at radius 1 is 1.39 bits per heavy atom. The van der Waals surface area contributed by atoms with E-state index < -0.39 is 30.3 Å². The van der Waals surface area contributed by atoms with Crippen molar-refractivity contribution < 1.29 is 23.8 Å². The summed E-state index contributed by atoms with van der Waals surface area (Å²) < 4.78 is 19.6. The number of carbonyl (C=O) groups is 2. The maximum atomic E-state index is 13.7. The number of aliphatic hydroxyl groups excluding tert-OH is 1. The summed E-state index contributed by atoms with van der Waals surface area (Å²) in [6.07, 6.45) is 1.42. The zero-order valence-electron chi connectivity index (χ0n) is 12.4. The van der Waals surface area contributed by atoms with Crippen LogP contribution < -0.4 is 5.32 Å². The van der Waals surface area contributed by atoms with Gasteiger partial charge >= 0.3 is 5.97 Å². The molecule has 0 aliphatic carbocycles. The van der Waals surface area contributed by atoms with Gasteiger partial charge in [0.15, 0.2) is 11.7 Å². The minimum absolute atomic E-state index is 0.0176. The van der Waals surface area contributed by atoms with Crippen molar-refractivity contribution in [2.45, 2.75) is 13.0 Å². The third-order valence-electron chi connectivity index (χ3n) is 2.98. The number of esters is 1. The van der Waals surface area contributed by atoms with Gasteiger partial charge in [-0.25, -0.2) is 13.9 Å². The van der Waals surface area contributed by atoms with Gasteiger partial charge in [-0.2, -0.15) is 5.10 Å². The second kappa shape index (κ2) is 7.50. The molecule has 0 bridgehead atoms. The van der Waals surface area contributed by atoms with Crippen LogP contribution >= 0.6 is 0 Å². The van der Waals surface area contributed by atoms with E-state index in [2.05, 4.69) is 10.4 Å². The summed E-state index contributed by atoms with van der Waals surface area (Å²) in [6.45, 7) is 1.15. The van der Waals surface area contributed by atoms with E-state index >= 15 is 0 Å². The van der Waals surface area contributed by atoms with E-state index in [1.54, 1.807) is 19.1 Å². The van der Waals surface area contributed by atoms with Gasteiger partial charge in [-0.3, -0.25) is 4.79 Å². The zero-order chi connectivity index (χ0) is 16.8. The Morgan fingerprint density at radius 2 is 2.13 bits per heavy atom. The van der Waals surface area contributed by atoms with Crippen molar-refractivity contribution in [2.24, 2.45) is 0 Å². The third-order valence-corrected chi connectivity index (χ3v) is 2.98. The summed E-state index contributed by atoms with van der Waals surface area (Å²) in [6, 6.07) is 6.17. The SMILES string of the molecule is CCOC(=O)[C@H](CO)NC(=O)c1ccn(-c2ccccc2F)n1. The number of para-hydroxylation sites is 1. The fraction of sp³-hybridized carbons (Fsp3) is 0.267. The van der Waals surface area contributed by atoms with Crippen LogP contribution in [0.25, 0.3) is 5.69 Å². The fourth-order valence-corrected chi connectivity index (χ4v) is 1.87. The monoisotopic (exact) mass is 321 g/mol. The lowest BCUT2D eigenvalue weighted by atomic mass is 10.3. The number of nitrogens with one attached hydrogen (secondary N) is 1. The molecule has 1 amide bonds. The van der Waals surface area contributed by atoms with Crippen molar-refractivity contribution in [1.82, 2.24) is 15.1 Å². The Balaban J connectivity index is 2.12. The highest BCUT2D eigenvalue weighted by atomic mass is 19.1. The number of halogens is 1. The molecule has 1 aromatic heterocycles. The van der Waals surface area contributed by atoms with Gasteiger partial charge in [0.05, 0.1) is 13.2 Å². The molecule has 0 fully saturated rings. The molecule has 0 unspecified atom stereocenters. The van der Waals surface area contributed by atoms with Gasteiger partial charge in [0.1, 0.15) is 11.5 Å². The lowest BCUT2D eigenvalue weighted by molar-refractivity contribution is -0.146. The van der Waals surface area contributed by atoms with E-state index in [4.69, 9.17) is 9.84 Å². The quantitative estimate of drug-likeness (QED) is 0.763. The van der Waals surface area contributed by atoms with Crippen molar-refractivity contribution in [1.29, 1.82) is 0 Å². The third kappa shape index (κ3) is 3.92. The minimum Gasteiger partial charge on any atom is -0.464 e. The summed E-state index contributed by atoms with van der Waals surface area (Å²) in [5.41, 5.74) is 0.173. The summed E-state index contributed by atoms with van der Waals surface area (Å²) in [4.78, 5) is 23.6. The number of nitrogens with zero attached hydrogens (tertiary/aromatic N) is 2. The molecule has 7 nitrogen and oxygen atoms in total. The van der Waals surface area contributed by atoms with Gasteiger partial charge in [-0.1, -0.05) is 12.1 Å². The van der Waals surface area contributed by atoms with E-state index in [1.807, 2.05) is 0 Å². The van der Waals surface area contributed by atoms with Crippen LogP contribution in [-0.2, 0) is 9.53 Å². The normalized spacial score (nSPS) is 11.8. The molecule has 0 radical (unpaired) electrons. The first-order valence-corrected chi connectivity index (χ1v) is 6.95. The van der Waals surface area contributed by atoms with Crippen LogP contribution in [0.2, 0.25) is 0 Å². The molecule has 2 aromatic rings. The van der Waals surface area contributed by atoms with Gasteiger partial charge in [0, 0.05) is 6.20 Å². The lowest BCUT2D eigenvalue weighted by Gasteiger charge is -2.13. The molecule has 0 saturated carbocycles. The average Bonchev–Trinajstić information content (AvgIpc) is 3.02. The fourth-order valence-electron chi connectivity index (χ4n) is 1.87. The highest BCUT2D eigenvalue weighted by Crippen LogP contribution is 2.12. The number of hydrogen-bond donors (Lipinski definition) is 2. The molecule has 1 aromatic carbocycles. The maximum absolute atomic E-state index is 13.7. The van der Waals surface area contributed by atoms with Gasteiger partial charge in [0.2, 0.25) is 0 Å². The molecular formula is C15H16FN3O4. The maximum Gasteiger partial charge on any atom is 0.331 e. The van der Waals surface area contributed by atoms with Crippen LogP contribution in [-0.4, -0.2) is 46.0 Å². The molecule has 0 aliphatic heterocycles. The van der Waals surface area contributed by atoms with Crippen LogP contribution in [0.4, 0.5) is 4.39 Å². The summed E-state index contributed by atoms with van der Waals surface area (Å²) in [7, 11) is 0. The number of aromatic nitrogens is 2. The number of amides is 1. The number of benzene rings is 1. The van der Waals surface area contributed by atoms with Gasteiger partial charge in [-0.15, -0.1) is 0 Å². The first-order chi connectivity index (χ1) is 11.1. The van der Waals surface area contributed by atoms with E-state index in [0.29, 0.717) is 0 Å². The van der Waals surface area contributed by atoms with Crippen molar-refractivity contribution >= 4 is 11.9 Å². The predicted octanol–water partition coefficient (Wildman–Crippen LogP) is 0.665. The molecule has 0 saturated heterocycles. The Bertz CT molecular complexity index is 702. The van der Waals surface area contributed by atoms with Crippen LogP contribution in [0, 0.1) is 5.82 Å². The largest absolute Gasteiger partial charge is 0.464 e. The topological polar surface area (TPSA) is 93.5 Å². The highest BCUT2D eigenvalue weighted by Gasteiger charge is 2.23. The number of ether oxygens (including phenoxy) is 1. The van der Waals surface area contributed by atoms with Crippen LogP contribution in [0.5, 0.6) is 0 Å². The molecule has 122 valence electrons. The first-order valence-electron chi connectivity index (χ1n) is 6.95. The van der Waals surface area contributed by atoms with Gasteiger partial charge in [-0.05, 0) is 25.1 Å². The summed E-state index contributed by atoms with van der Waals surface area (Å²) >= 11 is 0. The highest BCUT2D eigenvalue weighted by molar-refractivity contribution is 5.95. The predicted molar refractivity (Wildman–Crippen MR) is 78.5 cm³/mol. The van der Waals surface area contributed by atoms with E-state index in [1.165, 1.54) is 29.1 Å². The first kappa shape index (κ1) is 16.6. The summed E-state index contributed by atoms with van der Waals surface area (Å²) in [5.74, 6) is -1.90. The van der Waals surface area contributed by atoms with Crippen molar-refractivity contribution in [3.63, 3.8) is 0 Å². The molecule has 23 heavy (non-hydrogen) atoms. The van der Waals surface area contributed by atoms with Crippen molar-refractivity contribution in [3.8, 4) is 5.69 Å². The van der Waals surface area contributed by atoms with Crippen LogP contribution in [0.1, 0.15) is 17.4 Å². The van der Waals surface area contributed by atoms with Crippen LogP contribution in [0.15, 0.2) is 36.5 Å². The number of carbonyl (C=O) groups excluding carboxylic acids is 2. The molecule has 8 heteroatoms. The number of hydrogen-bond acceptors (Lipinski definition) is 5. The van der Waals surface area contributed by atoms with E-state index in [9.17, 15) is 14.0 Å². The molecule has 1 heterocycles. The number of aliphatic hydroxyl groups is 1. The standard InChI is InChI=1S/C15H16FN3O4/c1-2-23-15(22)12(9-20)17-14(21)11-7-8-19(18-11)13-6-4-3-5-10(13)16/h3-8,12,20H,2,9H2,1H3,(H,17,21)/t12-/m0/s1. The summed E-state index contributed by atoms with van der Waals surface area (Å²) in [5, 5.41) is 15.4. The van der Waals surface area contributed by atoms with Gasteiger partial charge < -0.3 is 15.2 Å². The van der Waals surface area contributed by atoms with Crippen LogP contribution in [0.3, 0.4) is 0 Å². The molecule has 2 N–H and O–H groups in total. The van der Waals surface area contributed by atoms with Crippen molar-refractivity contribution in [2.75, 3.05) is 13.2 Å². The molecular weight excluding hydrogens is 305 g/mol. The van der Waals surface area contributed by atoms with Crippen molar-refractivity contribution in [3.05, 3.63) is 48.0 Å². The Kier molecular flexibility index (Phi) is 5.42. The second-order valence-corrected chi connectivity index (χ2v) is 4.56. The van der Waals surface area contributed by atoms with E-state index in [-0.39, 0.29) is 18.0 Å². The Labute approximate surface area is 131 Å². The molecule has 0 aliphatic rings. The molecule has 0 spiro atoms.